The Morgan fingerprint density at radius 2 is 1.52 bits per heavy atom. The molecule has 160 valence electrons. The molecule has 3 aromatic rings. The SMILES string of the molecule is Cc1cc(C)n(-c2ccc(C(=O)N3CCN(C(=O)Nc4ccc(F)cc4)CC3)cc2)n1. The zero-order valence-corrected chi connectivity index (χ0v) is 17.5. The van der Waals surface area contributed by atoms with Crippen LogP contribution in [0.2, 0.25) is 0 Å². The molecule has 8 heteroatoms. The number of carbonyl (C=O) groups excluding carboxylic acids is 2. The predicted molar refractivity (Wildman–Crippen MR) is 116 cm³/mol. The largest absolute Gasteiger partial charge is 0.335 e. The number of halogens is 1. The van der Waals surface area contributed by atoms with Crippen molar-refractivity contribution in [2.45, 2.75) is 13.8 Å². The lowest BCUT2D eigenvalue weighted by Crippen LogP contribution is -2.51. The Morgan fingerprint density at radius 1 is 0.903 bits per heavy atom. The number of piperazine rings is 1. The van der Waals surface area contributed by atoms with Crippen molar-refractivity contribution in [3.05, 3.63) is 77.4 Å². The van der Waals surface area contributed by atoms with E-state index in [0.29, 0.717) is 37.4 Å². The van der Waals surface area contributed by atoms with Crippen molar-refractivity contribution >= 4 is 17.6 Å². The van der Waals surface area contributed by atoms with Crippen LogP contribution < -0.4 is 5.32 Å². The number of anilines is 1. The van der Waals surface area contributed by atoms with Gasteiger partial charge in [0.05, 0.1) is 11.4 Å². The van der Waals surface area contributed by atoms with E-state index < -0.39 is 0 Å². The van der Waals surface area contributed by atoms with Crippen LogP contribution in [0.1, 0.15) is 21.7 Å². The summed E-state index contributed by atoms with van der Waals surface area (Å²) in [5.41, 5.74) is 4.03. The quantitative estimate of drug-likeness (QED) is 0.702. The molecule has 1 aromatic heterocycles. The van der Waals surface area contributed by atoms with Crippen molar-refractivity contribution < 1.29 is 14.0 Å². The molecular formula is C23H24FN5O2. The molecule has 1 aliphatic rings. The second kappa shape index (κ2) is 8.59. The minimum absolute atomic E-state index is 0.0569. The third-order valence-corrected chi connectivity index (χ3v) is 5.32. The number of nitrogens with one attached hydrogen (secondary N) is 1. The van der Waals surface area contributed by atoms with Gasteiger partial charge in [-0.3, -0.25) is 4.79 Å². The van der Waals surface area contributed by atoms with Gasteiger partial charge in [-0.15, -0.1) is 0 Å². The number of rotatable bonds is 3. The number of benzene rings is 2. The third kappa shape index (κ3) is 4.58. The van der Waals surface area contributed by atoms with Crippen LogP contribution in [0.4, 0.5) is 14.9 Å². The van der Waals surface area contributed by atoms with Crippen LogP contribution in [0.15, 0.2) is 54.6 Å². The first-order valence-corrected chi connectivity index (χ1v) is 10.2. The Labute approximate surface area is 180 Å². The van der Waals surface area contributed by atoms with Gasteiger partial charge in [-0.2, -0.15) is 5.10 Å². The van der Waals surface area contributed by atoms with Crippen LogP contribution in [0.5, 0.6) is 0 Å². The molecule has 0 bridgehead atoms. The van der Waals surface area contributed by atoms with Crippen molar-refractivity contribution in [1.82, 2.24) is 19.6 Å². The second-order valence-electron chi connectivity index (χ2n) is 7.60. The molecule has 3 amide bonds. The maximum Gasteiger partial charge on any atom is 0.321 e. The first kappa shape index (κ1) is 20.6. The molecule has 0 spiro atoms. The molecule has 31 heavy (non-hydrogen) atoms. The van der Waals surface area contributed by atoms with Gasteiger partial charge in [0.25, 0.3) is 5.91 Å². The van der Waals surface area contributed by atoms with Crippen LogP contribution >= 0.6 is 0 Å². The molecule has 0 unspecified atom stereocenters. The summed E-state index contributed by atoms with van der Waals surface area (Å²) in [5, 5.41) is 7.21. The maximum absolute atomic E-state index is 13.0. The summed E-state index contributed by atoms with van der Waals surface area (Å²) in [6, 6.07) is 14.8. The van der Waals surface area contributed by atoms with Crippen LogP contribution in [0.25, 0.3) is 5.69 Å². The summed E-state index contributed by atoms with van der Waals surface area (Å²) in [5.74, 6) is -0.411. The topological polar surface area (TPSA) is 70.5 Å². The molecule has 0 radical (unpaired) electrons. The highest BCUT2D eigenvalue weighted by Gasteiger charge is 2.25. The average Bonchev–Trinajstić information content (AvgIpc) is 3.13. The van der Waals surface area contributed by atoms with Gasteiger partial charge in [-0.25, -0.2) is 13.9 Å². The Kier molecular flexibility index (Phi) is 5.70. The fraction of sp³-hybridized carbons (Fsp3) is 0.261. The summed E-state index contributed by atoms with van der Waals surface area (Å²) in [6.07, 6.45) is 0. The van der Waals surface area contributed by atoms with Gasteiger partial charge in [0.1, 0.15) is 5.82 Å². The van der Waals surface area contributed by atoms with E-state index in [1.54, 1.807) is 9.80 Å². The van der Waals surface area contributed by atoms with Gasteiger partial charge in [-0.05, 0) is 68.4 Å². The number of amides is 3. The van der Waals surface area contributed by atoms with Crippen molar-refractivity contribution in [3.63, 3.8) is 0 Å². The number of carbonyl (C=O) groups is 2. The molecule has 1 aliphatic heterocycles. The summed E-state index contributed by atoms with van der Waals surface area (Å²) in [4.78, 5) is 28.7. The fourth-order valence-electron chi connectivity index (χ4n) is 3.67. The zero-order chi connectivity index (χ0) is 22.0. The number of aromatic nitrogens is 2. The van der Waals surface area contributed by atoms with Crippen molar-refractivity contribution in [2.24, 2.45) is 0 Å². The van der Waals surface area contributed by atoms with Gasteiger partial charge >= 0.3 is 6.03 Å². The van der Waals surface area contributed by atoms with Gasteiger partial charge in [0.15, 0.2) is 0 Å². The minimum atomic E-state index is -0.354. The Balaban J connectivity index is 1.34. The first-order valence-electron chi connectivity index (χ1n) is 10.2. The summed E-state index contributed by atoms with van der Waals surface area (Å²) in [6.45, 7) is 5.71. The number of urea groups is 1. The van der Waals surface area contributed by atoms with Crippen LogP contribution in [-0.4, -0.2) is 57.7 Å². The zero-order valence-electron chi connectivity index (χ0n) is 17.5. The van der Waals surface area contributed by atoms with Crippen LogP contribution in [-0.2, 0) is 0 Å². The van der Waals surface area contributed by atoms with E-state index in [9.17, 15) is 14.0 Å². The van der Waals surface area contributed by atoms with Crippen LogP contribution in [0.3, 0.4) is 0 Å². The van der Waals surface area contributed by atoms with E-state index in [4.69, 9.17) is 0 Å². The molecule has 0 atom stereocenters. The molecule has 2 heterocycles. The molecule has 0 saturated carbocycles. The lowest BCUT2D eigenvalue weighted by molar-refractivity contribution is 0.0671. The molecule has 1 saturated heterocycles. The Morgan fingerprint density at radius 3 is 2.10 bits per heavy atom. The molecule has 7 nitrogen and oxygen atoms in total. The Hall–Kier alpha value is -3.68. The monoisotopic (exact) mass is 421 g/mol. The highest BCUT2D eigenvalue weighted by atomic mass is 19.1. The number of hydrogen-bond acceptors (Lipinski definition) is 3. The van der Waals surface area contributed by atoms with Crippen molar-refractivity contribution in [3.8, 4) is 5.69 Å². The highest BCUT2D eigenvalue weighted by Crippen LogP contribution is 2.16. The molecule has 4 rings (SSSR count). The molecule has 2 aromatic carbocycles. The number of nitrogens with zero attached hydrogens (tertiary/aromatic N) is 4. The molecule has 1 N–H and O–H groups in total. The number of hydrogen-bond donors (Lipinski definition) is 1. The highest BCUT2D eigenvalue weighted by molar-refractivity contribution is 5.95. The van der Waals surface area contributed by atoms with E-state index in [2.05, 4.69) is 10.4 Å². The average molecular weight is 421 g/mol. The lowest BCUT2D eigenvalue weighted by atomic mass is 10.1. The smallest absolute Gasteiger partial charge is 0.321 e. The van der Waals surface area contributed by atoms with E-state index in [1.165, 1.54) is 24.3 Å². The van der Waals surface area contributed by atoms with Gasteiger partial charge in [0, 0.05) is 43.1 Å². The van der Waals surface area contributed by atoms with E-state index in [1.807, 2.05) is 48.9 Å². The standard InChI is InChI=1S/C23H24FN5O2/c1-16-15-17(2)29(26-16)21-9-3-18(4-10-21)22(30)27-11-13-28(14-12-27)23(31)25-20-7-5-19(24)6-8-20/h3-10,15H,11-14H2,1-2H3,(H,25,31). The Bertz CT molecular complexity index is 1080. The van der Waals surface area contributed by atoms with Gasteiger partial charge in [-0.1, -0.05) is 0 Å². The predicted octanol–water partition coefficient (Wildman–Crippen LogP) is 3.62. The normalized spacial score (nSPS) is 13.9. The van der Waals surface area contributed by atoms with Crippen LogP contribution in [0, 0.1) is 19.7 Å². The van der Waals surface area contributed by atoms with Crippen molar-refractivity contribution in [1.29, 1.82) is 0 Å². The lowest BCUT2D eigenvalue weighted by Gasteiger charge is -2.34. The number of aryl methyl sites for hydroxylation is 2. The summed E-state index contributed by atoms with van der Waals surface area (Å²) >= 11 is 0. The minimum Gasteiger partial charge on any atom is -0.335 e. The van der Waals surface area contributed by atoms with E-state index in [0.717, 1.165) is 17.1 Å². The third-order valence-electron chi connectivity index (χ3n) is 5.32. The van der Waals surface area contributed by atoms with Gasteiger partial charge in [0.2, 0.25) is 0 Å². The second-order valence-corrected chi connectivity index (χ2v) is 7.60. The summed E-state index contributed by atoms with van der Waals surface area (Å²) in [7, 11) is 0. The maximum atomic E-state index is 13.0. The first-order chi connectivity index (χ1) is 14.9. The van der Waals surface area contributed by atoms with E-state index >= 15 is 0 Å². The van der Waals surface area contributed by atoms with Gasteiger partial charge < -0.3 is 15.1 Å². The molecule has 1 fully saturated rings. The fourth-order valence-corrected chi connectivity index (χ4v) is 3.67. The van der Waals surface area contributed by atoms with E-state index in [-0.39, 0.29) is 17.8 Å². The summed E-state index contributed by atoms with van der Waals surface area (Å²) < 4.78 is 14.8. The van der Waals surface area contributed by atoms with Crippen molar-refractivity contribution in [2.75, 3.05) is 31.5 Å². The molecule has 0 aliphatic carbocycles. The molecular weight excluding hydrogens is 397 g/mol.